The molecule has 1 N–H and O–H groups in total. The molecule has 0 saturated heterocycles. The third kappa shape index (κ3) is 2.95. The fourth-order valence-corrected chi connectivity index (χ4v) is 2.54. The van der Waals surface area contributed by atoms with Crippen molar-refractivity contribution in [2.75, 3.05) is 17.3 Å². The van der Waals surface area contributed by atoms with Crippen LogP contribution in [0.3, 0.4) is 0 Å². The van der Waals surface area contributed by atoms with Crippen LogP contribution in [0, 0.1) is 11.2 Å². The number of amides is 2. The molecule has 2 aromatic rings. The van der Waals surface area contributed by atoms with Gasteiger partial charge in [-0.05, 0) is 49.2 Å². The van der Waals surface area contributed by atoms with Crippen molar-refractivity contribution in [3.63, 3.8) is 0 Å². The van der Waals surface area contributed by atoms with Crippen LogP contribution in [0.4, 0.5) is 15.8 Å². The Balaban J connectivity index is 1.74. The van der Waals surface area contributed by atoms with Gasteiger partial charge in [0.25, 0.3) is 0 Å². The molecule has 0 unspecified atom stereocenters. The van der Waals surface area contributed by atoms with Gasteiger partial charge in [0.1, 0.15) is 11.2 Å². The van der Waals surface area contributed by atoms with Gasteiger partial charge < -0.3 is 10.2 Å². The Morgan fingerprint density at radius 3 is 2.22 bits per heavy atom. The molecular weight excluding hydrogens is 295 g/mol. The molecule has 0 radical (unpaired) electrons. The van der Waals surface area contributed by atoms with Crippen molar-refractivity contribution in [1.82, 2.24) is 0 Å². The number of nitrogens with zero attached hydrogens (tertiary/aromatic N) is 1. The zero-order valence-corrected chi connectivity index (χ0v) is 12.8. The lowest BCUT2D eigenvalue weighted by molar-refractivity contribution is -0.132. The summed E-state index contributed by atoms with van der Waals surface area (Å²) in [6, 6.07) is 14.7. The summed E-state index contributed by atoms with van der Waals surface area (Å²) in [6.45, 7) is 0. The Morgan fingerprint density at radius 1 is 1.04 bits per heavy atom. The second-order valence-corrected chi connectivity index (χ2v) is 5.74. The van der Waals surface area contributed by atoms with Crippen molar-refractivity contribution in [2.24, 2.45) is 5.41 Å². The van der Waals surface area contributed by atoms with Gasteiger partial charge in [-0.1, -0.05) is 18.2 Å². The van der Waals surface area contributed by atoms with E-state index in [4.69, 9.17) is 0 Å². The Bertz CT molecular complexity index is 724. The third-order valence-electron chi connectivity index (χ3n) is 4.14. The highest BCUT2D eigenvalue weighted by atomic mass is 19.1. The van der Waals surface area contributed by atoms with E-state index in [1.54, 1.807) is 7.05 Å². The molecule has 0 aromatic heterocycles. The van der Waals surface area contributed by atoms with E-state index in [9.17, 15) is 14.0 Å². The van der Waals surface area contributed by atoms with E-state index in [2.05, 4.69) is 5.32 Å². The number of anilines is 2. The summed E-state index contributed by atoms with van der Waals surface area (Å²) >= 11 is 0. The van der Waals surface area contributed by atoms with Crippen LogP contribution >= 0.6 is 0 Å². The molecule has 1 aliphatic rings. The molecule has 5 heteroatoms. The van der Waals surface area contributed by atoms with Gasteiger partial charge in [-0.2, -0.15) is 0 Å². The molecule has 2 aromatic carbocycles. The van der Waals surface area contributed by atoms with E-state index in [-0.39, 0.29) is 17.6 Å². The number of carbonyl (C=O) groups excluding carboxylic acids is 2. The summed E-state index contributed by atoms with van der Waals surface area (Å²) in [7, 11) is 1.67. The lowest BCUT2D eigenvalue weighted by Gasteiger charge is -2.23. The SMILES string of the molecule is CN(C(=O)C1(C(=O)Nc2ccc(F)cc2)CC1)c1ccccc1. The molecule has 3 rings (SSSR count). The van der Waals surface area contributed by atoms with Crippen molar-refractivity contribution in [2.45, 2.75) is 12.8 Å². The summed E-state index contributed by atoms with van der Waals surface area (Å²) in [4.78, 5) is 26.7. The number of rotatable bonds is 4. The predicted molar refractivity (Wildman–Crippen MR) is 86.5 cm³/mol. The highest BCUT2D eigenvalue weighted by molar-refractivity contribution is 6.17. The van der Waals surface area contributed by atoms with Crippen LogP contribution in [0.1, 0.15) is 12.8 Å². The minimum absolute atomic E-state index is 0.219. The first-order valence-electron chi connectivity index (χ1n) is 7.43. The van der Waals surface area contributed by atoms with Crippen molar-refractivity contribution in [1.29, 1.82) is 0 Å². The number of hydrogen-bond donors (Lipinski definition) is 1. The van der Waals surface area contributed by atoms with E-state index in [1.807, 2.05) is 30.3 Å². The predicted octanol–water partition coefficient (Wildman–Crippen LogP) is 3.21. The number of halogens is 1. The van der Waals surface area contributed by atoms with Gasteiger partial charge in [-0.3, -0.25) is 9.59 Å². The number of hydrogen-bond acceptors (Lipinski definition) is 2. The normalized spacial score (nSPS) is 14.9. The molecule has 4 nitrogen and oxygen atoms in total. The molecule has 0 atom stereocenters. The molecule has 1 fully saturated rings. The summed E-state index contributed by atoms with van der Waals surface area (Å²) in [6.07, 6.45) is 1.05. The van der Waals surface area contributed by atoms with Gasteiger partial charge in [-0.25, -0.2) is 4.39 Å². The van der Waals surface area contributed by atoms with Crippen LogP contribution < -0.4 is 10.2 Å². The van der Waals surface area contributed by atoms with Crippen LogP contribution in [-0.4, -0.2) is 18.9 Å². The van der Waals surface area contributed by atoms with Gasteiger partial charge in [0.05, 0.1) is 0 Å². The zero-order chi connectivity index (χ0) is 16.4. The lowest BCUT2D eigenvalue weighted by Crippen LogP contribution is -2.41. The highest BCUT2D eigenvalue weighted by Gasteiger charge is 2.57. The second kappa shape index (κ2) is 5.83. The van der Waals surface area contributed by atoms with Crippen LogP contribution in [0.5, 0.6) is 0 Å². The van der Waals surface area contributed by atoms with Crippen molar-refractivity contribution < 1.29 is 14.0 Å². The van der Waals surface area contributed by atoms with Gasteiger partial charge in [0.15, 0.2) is 0 Å². The number of para-hydroxylation sites is 1. The van der Waals surface area contributed by atoms with Gasteiger partial charge in [0.2, 0.25) is 11.8 Å². The molecule has 0 spiro atoms. The smallest absolute Gasteiger partial charge is 0.242 e. The molecule has 23 heavy (non-hydrogen) atoms. The third-order valence-corrected chi connectivity index (χ3v) is 4.14. The topological polar surface area (TPSA) is 49.4 Å². The molecule has 0 aliphatic heterocycles. The first kappa shape index (κ1) is 15.2. The molecular formula is C18H17FN2O2. The minimum atomic E-state index is -1.01. The summed E-state index contributed by atoms with van der Waals surface area (Å²) in [5.41, 5.74) is 0.218. The maximum Gasteiger partial charge on any atom is 0.242 e. The van der Waals surface area contributed by atoms with Crippen molar-refractivity contribution >= 4 is 23.2 Å². The largest absolute Gasteiger partial charge is 0.325 e. The summed E-state index contributed by atoms with van der Waals surface area (Å²) in [5, 5.41) is 2.71. The molecule has 1 aliphatic carbocycles. The maximum atomic E-state index is 12.9. The van der Waals surface area contributed by atoms with E-state index in [1.165, 1.54) is 29.2 Å². The number of nitrogens with one attached hydrogen (secondary N) is 1. The van der Waals surface area contributed by atoms with Crippen LogP contribution in [0.25, 0.3) is 0 Å². The number of benzene rings is 2. The Hall–Kier alpha value is -2.69. The highest BCUT2D eigenvalue weighted by Crippen LogP contribution is 2.48. The van der Waals surface area contributed by atoms with E-state index >= 15 is 0 Å². The van der Waals surface area contributed by atoms with Crippen molar-refractivity contribution in [3.8, 4) is 0 Å². The summed E-state index contributed by atoms with van der Waals surface area (Å²) < 4.78 is 12.9. The second-order valence-electron chi connectivity index (χ2n) is 5.74. The quantitative estimate of drug-likeness (QED) is 0.881. The van der Waals surface area contributed by atoms with E-state index < -0.39 is 5.41 Å². The van der Waals surface area contributed by atoms with Crippen LogP contribution in [-0.2, 0) is 9.59 Å². The first-order valence-corrected chi connectivity index (χ1v) is 7.43. The monoisotopic (exact) mass is 312 g/mol. The standard InChI is InChI=1S/C18H17FN2O2/c1-21(15-5-3-2-4-6-15)17(23)18(11-12-18)16(22)20-14-9-7-13(19)8-10-14/h2-10H,11-12H2,1H3,(H,20,22). The molecule has 2 amide bonds. The Morgan fingerprint density at radius 2 is 1.65 bits per heavy atom. The van der Waals surface area contributed by atoms with Gasteiger partial charge in [0, 0.05) is 18.4 Å². The Kier molecular flexibility index (Phi) is 3.86. The van der Waals surface area contributed by atoms with E-state index in [0.29, 0.717) is 18.5 Å². The fourth-order valence-electron chi connectivity index (χ4n) is 2.54. The Labute approximate surface area is 133 Å². The fraction of sp³-hybridized carbons (Fsp3) is 0.222. The molecule has 0 bridgehead atoms. The average Bonchev–Trinajstić information content (AvgIpc) is 3.38. The summed E-state index contributed by atoms with van der Waals surface area (Å²) in [5.74, 6) is -0.927. The average molecular weight is 312 g/mol. The molecule has 0 heterocycles. The first-order chi connectivity index (χ1) is 11.0. The lowest BCUT2D eigenvalue weighted by atomic mass is 10.0. The van der Waals surface area contributed by atoms with Crippen LogP contribution in [0.2, 0.25) is 0 Å². The molecule has 118 valence electrons. The zero-order valence-electron chi connectivity index (χ0n) is 12.8. The minimum Gasteiger partial charge on any atom is -0.325 e. The van der Waals surface area contributed by atoms with Gasteiger partial charge in [-0.15, -0.1) is 0 Å². The van der Waals surface area contributed by atoms with Crippen LogP contribution in [0.15, 0.2) is 54.6 Å². The van der Waals surface area contributed by atoms with Crippen molar-refractivity contribution in [3.05, 3.63) is 60.4 Å². The maximum absolute atomic E-state index is 12.9. The van der Waals surface area contributed by atoms with Gasteiger partial charge >= 0.3 is 0 Å². The van der Waals surface area contributed by atoms with E-state index in [0.717, 1.165) is 5.69 Å². The number of carbonyl (C=O) groups is 2. The molecule has 1 saturated carbocycles.